The molecule has 0 saturated heterocycles. The fraction of sp³-hybridized carbons (Fsp3) is 0.625. The number of carbonyl (C=O) groups excluding carboxylic acids is 1. The number of anilines is 1. The molecule has 2 aromatic carbocycles. The van der Waals surface area contributed by atoms with E-state index in [1.807, 2.05) is 12.1 Å². The Hall–Kier alpha value is -2.61. The lowest BCUT2D eigenvalue weighted by Crippen LogP contribution is -2.24. The standard InChI is InChI=1S/C32H50N2O5S/c1-4-6-8-9-10-11-12-13-14-15-19-28(32(37)38)40-22-21-39-27-23-25(31(36)34-20-7-5-2)30(35)24-17-16-18-26(33-3)29(24)27/h16-18,23,28,33,35H,4-15,19-22H2,1-3H3,(H,34,36)(H,37,38). The number of aromatic hydroxyl groups is 1. The van der Waals surface area contributed by atoms with E-state index in [9.17, 15) is 19.8 Å². The molecular weight excluding hydrogens is 524 g/mol. The van der Waals surface area contributed by atoms with Gasteiger partial charge in [0.25, 0.3) is 5.91 Å². The number of aliphatic carboxylic acids is 1. The van der Waals surface area contributed by atoms with E-state index in [0.29, 0.717) is 41.8 Å². The van der Waals surface area contributed by atoms with Crippen LogP contribution in [0.3, 0.4) is 0 Å². The van der Waals surface area contributed by atoms with Crippen molar-refractivity contribution in [1.82, 2.24) is 5.32 Å². The van der Waals surface area contributed by atoms with Gasteiger partial charge in [0.1, 0.15) is 16.7 Å². The van der Waals surface area contributed by atoms with Crippen LogP contribution < -0.4 is 15.4 Å². The summed E-state index contributed by atoms with van der Waals surface area (Å²) >= 11 is 1.40. The van der Waals surface area contributed by atoms with Crippen molar-refractivity contribution in [3.8, 4) is 11.5 Å². The number of ether oxygens (including phenoxy) is 1. The molecule has 0 bridgehead atoms. The van der Waals surface area contributed by atoms with Gasteiger partial charge in [0, 0.05) is 30.4 Å². The van der Waals surface area contributed by atoms with Crippen molar-refractivity contribution in [2.75, 3.05) is 31.3 Å². The smallest absolute Gasteiger partial charge is 0.316 e. The number of nitrogens with one attached hydrogen (secondary N) is 2. The molecule has 0 heterocycles. The number of amides is 1. The molecule has 0 fully saturated rings. The molecule has 8 heteroatoms. The van der Waals surface area contributed by atoms with E-state index in [4.69, 9.17) is 4.74 Å². The van der Waals surface area contributed by atoms with Gasteiger partial charge in [-0.3, -0.25) is 9.59 Å². The Bertz CT molecular complexity index is 1050. The summed E-state index contributed by atoms with van der Waals surface area (Å²) in [6.45, 7) is 5.11. The zero-order valence-corrected chi connectivity index (χ0v) is 25.5. The second-order valence-electron chi connectivity index (χ2n) is 10.4. The maximum absolute atomic E-state index is 12.8. The van der Waals surface area contributed by atoms with E-state index in [-0.39, 0.29) is 17.2 Å². The molecule has 0 radical (unpaired) electrons. The quantitative estimate of drug-likeness (QED) is 0.106. The summed E-state index contributed by atoms with van der Waals surface area (Å²) in [6, 6.07) is 7.06. The average Bonchev–Trinajstić information content (AvgIpc) is 2.95. The number of hydrogen-bond donors (Lipinski definition) is 4. The van der Waals surface area contributed by atoms with E-state index in [0.717, 1.165) is 31.4 Å². The molecule has 0 aromatic heterocycles. The number of unbranched alkanes of at least 4 members (excludes halogenated alkanes) is 10. The minimum atomic E-state index is -0.778. The van der Waals surface area contributed by atoms with Crippen LogP contribution in [0.25, 0.3) is 10.8 Å². The van der Waals surface area contributed by atoms with Crippen LogP contribution in [0, 0.1) is 0 Å². The number of benzene rings is 2. The highest BCUT2D eigenvalue weighted by Gasteiger charge is 2.21. The highest BCUT2D eigenvalue weighted by Crippen LogP contribution is 2.40. The Balaban J connectivity index is 1.92. The monoisotopic (exact) mass is 574 g/mol. The largest absolute Gasteiger partial charge is 0.506 e. The Morgan fingerprint density at radius 2 is 1.60 bits per heavy atom. The molecule has 1 atom stereocenters. The Morgan fingerprint density at radius 1 is 0.950 bits per heavy atom. The molecule has 0 aliphatic heterocycles. The summed E-state index contributed by atoms with van der Waals surface area (Å²) in [6.07, 6.45) is 14.7. The Labute approximate surface area is 244 Å². The predicted octanol–water partition coefficient (Wildman–Crippen LogP) is 7.99. The van der Waals surface area contributed by atoms with Crippen LogP contribution in [0.1, 0.15) is 108 Å². The Kier molecular flexibility index (Phi) is 16.3. The number of phenols is 1. The topological polar surface area (TPSA) is 108 Å². The SMILES string of the molecule is CCCCCCCCCCCCC(SCCOc1cc(C(=O)NCCCC)c(O)c2cccc(NC)c12)C(=O)O. The van der Waals surface area contributed by atoms with E-state index < -0.39 is 11.2 Å². The first-order valence-electron chi connectivity index (χ1n) is 15.2. The van der Waals surface area contributed by atoms with E-state index >= 15 is 0 Å². The van der Waals surface area contributed by atoms with Crippen molar-refractivity contribution in [2.45, 2.75) is 103 Å². The first-order valence-corrected chi connectivity index (χ1v) is 16.2. The molecule has 0 aliphatic carbocycles. The minimum absolute atomic E-state index is 0.0785. The second kappa shape index (κ2) is 19.5. The normalized spacial score (nSPS) is 11.9. The number of carboxylic acids is 1. The van der Waals surface area contributed by atoms with Crippen molar-refractivity contribution < 1.29 is 24.5 Å². The number of carboxylic acid groups (broad SMARTS) is 1. The number of thioether (sulfide) groups is 1. The predicted molar refractivity (Wildman–Crippen MR) is 168 cm³/mol. The van der Waals surface area contributed by atoms with Gasteiger partial charge in [-0.2, -0.15) is 0 Å². The molecule has 2 aromatic rings. The zero-order valence-electron chi connectivity index (χ0n) is 24.7. The molecule has 4 N–H and O–H groups in total. The molecule has 7 nitrogen and oxygen atoms in total. The van der Waals surface area contributed by atoms with Gasteiger partial charge >= 0.3 is 5.97 Å². The third kappa shape index (κ3) is 11.1. The van der Waals surface area contributed by atoms with Crippen LogP contribution in [0.2, 0.25) is 0 Å². The van der Waals surface area contributed by atoms with Crippen molar-refractivity contribution in [1.29, 1.82) is 0 Å². The maximum atomic E-state index is 12.8. The van der Waals surface area contributed by atoms with E-state index in [2.05, 4.69) is 24.5 Å². The molecule has 1 unspecified atom stereocenters. The third-order valence-corrected chi connectivity index (χ3v) is 8.42. The van der Waals surface area contributed by atoms with Crippen LogP contribution in [0.4, 0.5) is 5.69 Å². The van der Waals surface area contributed by atoms with Gasteiger partial charge in [-0.15, -0.1) is 11.8 Å². The van der Waals surface area contributed by atoms with Crippen LogP contribution >= 0.6 is 11.8 Å². The van der Waals surface area contributed by atoms with Crippen molar-refractivity contribution >= 4 is 40.1 Å². The van der Waals surface area contributed by atoms with Crippen LogP contribution in [-0.2, 0) is 4.79 Å². The molecular formula is C32H50N2O5S. The summed E-state index contributed by atoms with van der Waals surface area (Å²) in [5, 5.41) is 27.4. The fourth-order valence-corrected chi connectivity index (χ4v) is 5.78. The van der Waals surface area contributed by atoms with Crippen molar-refractivity contribution in [3.05, 3.63) is 29.8 Å². The van der Waals surface area contributed by atoms with Gasteiger partial charge in [-0.25, -0.2) is 0 Å². The van der Waals surface area contributed by atoms with Gasteiger partial charge in [0.15, 0.2) is 0 Å². The number of carbonyl (C=O) groups is 2. The van der Waals surface area contributed by atoms with Gasteiger partial charge in [0.05, 0.1) is 17.6 Å². The molecule has 1 amide bonds. The molecule has 40 heavy (non-hydrogen) atoms. The highest BCUT2D eigenvalue weighted by atomic mass is 32.2. The Morgan fingerprint density at radius 3 is 2.23 bits per heavy atom. The second-order valence-corrected chi connectivity index (χ2v) is 11.7. The summed E-state index contributed by atoms with van der Waals surface area (Å²) in [5.74, 6) is -0.202. The third-order valence-electron chi connectivity index (χ3n) is 7.18. The molecule has 224 valence electrons. The molecule has 0 aliphatic rings. The van der Waals surface area contributed by atoms with E-state index in [1.165, 1.54) is 63.1 Å². The number of phenolic OH excluding ortho intramolecular Hbond substituents is 1. The molecule has 0 saturated carbocycles. The lowest BCUT2D eigenvalue weighted by atomic mass is 10.0. The van der Waals surface area contributed by atoms with Gasteiger partial charge in [-0.1, -0.05) is 96.6 Å². The lowest BCUT2D eigenvalue weighted by Gasteiger charge is -2.17. The minimum Gasteiger partial charge on any atom is -0.506 e. The lowest BCUT2D eigenvalue weighted by molar-refractivity contribution is -0.136. The van der Waals surface area contributed by atoms with Crippen LogP contribution in [0.15, 0.2) is 24.3 Å². The van der Waals surface area contributed by atoms with Crippen LogP contribution in [0.5, 0.6) is 11.5 Å². The van der Waals surface area contributed by atoms with Crippen molar-refractivity contribution in [2.24, 2.45) is 0 Å². The summed E-state index contributed by atoms with van der Waals surface area (Å²) in [7, 11) is 1.79. The molecule has 0 spiro atoms. The maximum Gasteiger partial charge on any atom is 0.316 e. The molecule has 2 rings (SSSR count). The summed E-state index contributed by atoms with van der Waals surface area (Å²) in [5.41, 5.74) is 0.946. The first kappa shape index (κ1) is 33.6. The summed E-state index contributed by atoms with van der Waals surface area (Å²) < 4.78 is 6.12. The van der Waals surface area contributed by atoms with Gasteiger partial charge in [-0.05, 0) is 25.0 Å². The fourth-order valence-electron chi connectivity index (χ4n) is 4.84. The van der Waals surface area contributed by atoms with Gasteiger partial charge in [0.2, 0.25) is 0 Å². The van der Waals surface area contributed by atoms with E-state index in [1.54, 1.807) is 19.2 Å². The average molecular weight is 575 g/mol. The number of hydrogen-bond acceptors (Lipinski definition) is 6. The highest BCUT2D eigenvalue weighted by molar-refractivity contribution is 8.00. The zero-order chi connectivity index (χ0) is 29.2. The van der Waals surface area contributed by atoms with Crippen LogP contribution in [-0.4, -0.2) is 53.3 Å². The van der Waals surface area contributed by atoms with Crippen molar-refractivity contribution in [3.63, 3.8) is 0 Å². The number of fused-ring (bicyclic) bond motifs is 1. The van der Waals surface area contributed by atoms with Gasteiger partial charge < -0.3 is 25.6 Å². The first-order chi connectivity index (χ1) is 19.4. The number of rotatable bonds is 22. The summed E-state index contributed by atoms with van der Waals surface area (Å²) in [4.78, 5) is 24.6.